The fourth-order valence-corrected chi connectivity index (χ4v) is 3.99. The summed E-state index contributed by atoms with van der Waals surface area (Å²) in [5, 5.41) is 10.1. The van der Waals surface area contributed by atoms with Crippen LogP contribution in [0.3, 0.4) is 0 Å². The molecule has 0 heterocycles. The summed E-state index contributed by atoms with van der Waals surface area (Å²) in [6.07, 6.45) is 0. The zero-order valence-electron chi connectivity index (χ0n) is 10.4. The van der Waals surface area contributed by atoms with Crippen molar-refractivity contribution in [1.82, 2.24) is 0 Å². The molecule has 0 aromatic heterocycles. The SMILES string of the molecule is Oc1cccc(OC(Br)Br)c1Oc1cc(Br)c(Br)c(Br)c1Br. The fraction of sp³-hybridized carbons (Fsp3) is 0.0769. The molecule has 0 aliphatic rings. The summed E-state index contributed by atoms with van der Waals surface area (Å²) in [5.74, 6) is 1.09. The minimum Gasteiger partial charge on any atom is -0.504 e. The zero-order chi connectivity index (χ0) is 16.4. The minimum atomic E-state index is -0.406. The van der Waals surface area contributed by atoms with E-state index in [9.17, 15) is 5.11 Å². The van der Waals surface area contributed by atoms with Gasteiger partial charge in [0.25, 0.3) is 0 Å². The number of phenols is 1. The molecule has 0 bridgehead atoms. The van der Waals surface area contributed by atoms with Gasteiger partial charge in [-0.25, -0.2) is 0 Å². The standard InChI is InChI=1S/C13H6Br6O3/c14-5-4-8(10(16)11(17)9(5)15)21-12-6(20)2-1-3-7(12)22-13(18)19/h1-4,13,20H. The molecule has 0 radical (unpaired) electrons. The Morgan fingerprint density at radius 1 is 0.909 bits per heavy atom. The van der Waals surface area contributed by atoms with E-state index in [-0.39, 0.29) is 11.5 Å². The maximum Gasteiger partial charge on any atom is 0.210 e. The van der Waals surface area contributed by atoms with Crippen molar-refractivity contribution < 1.29 is 14.6 Å². The van der Waals surface area contributed by atoms with Crippen molar-refractivity contribution in [2.45, 2.75) is 3.92 Å². The summed E-state index contributed by atoms with van der Waals surface area (Å²) in [7, 11) is 0. The Morgan fingerprint density at radius 2 is 1.59 bits per heavy atom. The third-order valence-electron chi connectivity index (χ3n) is 2.46. The molecular formula is C13H6Br6O3. The molecule has 0 amide bonds. The lowest BCUT2D eigenvalue weighted by molar-refractivity contribution is 0.336. The van der Waals surface area contributed by atoms with Crippen molar-refractivity contribution in [3.05, 3.63) is 42.2 Å². The van der Waals surface area contributed by atoms with Crippen LogP contribution < -0.4 is 9.47 Å². The van der Waals surface area contributed by atoms with Crippen LogP contribution in [0.15, 0.2) is 42.2 Å². The normalized spacial score (nSPS) is 10.9. The van der Waals surface area contributed by atoms with E-state index in [0.29, 0.717) is 16.0 Å². The number of hydrogen-bond donors (Lipinski definition) is 1. The first-order valence-corrected chi connectivity index (χ1v) is 10.6. The van der Waals surface area contributed by atoms with Gasteiger partial charge in [0.2, 0.25) is 9.67 Å². The first kappa shape index (κ1) is 19.1. The highest BCUT2D eigenvalue weighted by molar-refractivity contribution is 9.24. The Hall–Kier alpha value is 0.720. The van der Waals surface area contributed by atoms with Gasteiger partial charge in [-0.15, -0.1) is 0 Å². The zero-order valence-corrected chi connectivity index (χ0v) is 19.9. The van der Waals surface area contributed by atoms with Crippen LogP contribution in [0, 0.1) is 0 Å². The van der Waals surface area contributed by atoms with E-state index in [4.69, 9.17) is 9.47 Å². The number of benzene rings is 2. The lowest BCUT2D eigenvalue weighted by atomic mass is 10.3. The number of hydrogen-bond acceptors (Lipinski definition) is 3. The predicted octanol–water partition coefficient (Wildman–Crippen LogP) is 7.69. The molecule has 0 aliphatic heterocycles. The molecule has 0 unspecified atom stereocenters. The molecule has 0 atom stereocenters. The molecule has 0 aliphatic carbocycles. The van der Waals surface area contributed by atoms with Crippen LogP contribution in [0.2, 0.25) is 0 Å². The molecule has 0 fully saturated rings. The van der Waals surface area contributed by atoms with E-state index in [0.717, 1.165) is 13.4 Å². The Labute approximate surface area is 177 Å². The quantitative estimate of drug-likeness (QED) is 0.204. The molecule has 3 nitrogen and oxygen atoms in total. The molecular weight excluding hydrogens is 684 g/mol. The predicted molar refractivity (Wildman–Crippen MR) is 108 cm³/mol. The third kappa shape index (κ3) is 4.42. The van der Waals surface area contributed by atoms with E-state index in [1.54, 1.807) is 18.2 Å². The number of alkyl halides is 2. The van der Waals surface area contributed by atoms with Crippen LogP contribution in [0.25, 0.3) is 0 Å². The van der Waals surface area contributed by atoms with Crippen LogP contribution in [0.5, 0.6) is 23.0 Å². The summed E-state index contributed by atoms with van der Waals surface area (Å²) in [6.45, 7) is 0. The third-order valence-corrected chi connectivity index (χ3v) is 7.45. The summed E-state index contributed by atoms with van der Waals surface area (Å²) >= 11 is 20.3. The highest BCUT2D eigenvalue weighted by atomic mass is 79.9. The number of phenolic OH excluding ortho intramolecular Hbond substituents is 1. The van der Waals surface area contributed by atoms with Gasteiger partial charge in [-0.1, -0.05) is 6.07 Å². The highest BCUT2D eigenvalue weighted by Gasteiger charge is 2.18. The second-order valence-electron chi connectivity index (χ2n) is 3.88. The van der Waals surface area contributed by atoms with Gasteiger partial charge in [0.1, 0.15) is 5.75 Å². The highest BCUT2D eigenvalue weighted by Crippen LogP contribution is 2.47. The summed E-state index contributed by atoms with van der Waals surface area (Å²) in [4.78, 5) is 0. The van der Waals surface area contributed by atoms with Crippen molar-refractivity contribution >= 4 is 95.6 Å². The average Bonchev–Trinajstić information content (AvgIpc) is 2.45. The minimum absolute atomic E-state index is 0.0276. The molecule has 0 saturated carbocycles. The van der Waals surface area contributed by atoms with Crippen molar-refractivity contribution in [2.24, 2.45) is 0 Å². The maximum absolute atomic E-state index is 10.1. The van der Waals surface area contributed by atoms with E-state index in [2.05, 4.69) is 95.6 Å². The molecule has 22 heavy (non-hydrogen) atoms. The average molecular weight is 690 g/mol. The molecule has 2 aromatic carbocycles. The van der Waals surface area contributed by atoms with E-state index >= 15 is 0 Å². The smallest absolute Gasteiger partial charge is 0.210 e. The van der Waals surface area contributed by atoms with Gasteiger partial charge in [-0.3, -0.25) is 0 Å². The van der Waals surface area contributed by atoms with Gasteiger partial charge in [0.05, 0.1) is 8.95 Å². The Kier molecular flexibility index (Phi) is 7.10. The maximum atomic E-state index is 10.1. The molecule has 118 valence electrons. The number of para-hydroxylation sites is 1. The van der Waals surface area contributed by atoms with Crippen LogP contribution in [0.4, 0.5) is 0 Å². The monoisotopic (exact) mass is 684 g/mol. The number of aromatic hydroxyl groups is 1. The molecule has 1 N–H and O–H groups in total. The first-order chi connectivity index (χ1) is 10.3. The molecule has 9 heteroatoms. The number of ether oxygens (including phenoxy) is 2. The van der Waals surface area contributed by atoms with Crippen LogP contribution in [0.1, 0.15) is 0 Å². The van der Waals surface area contributed by atoms with E-state index in [1.165, 1.54) is 6.07 Å². The topological polar surface area (TPSA) is 38.7 Å². The second kappa shape index (κ2) is 8.20. The summed E-state index contributed by atoms with van der Waals surface area (Å²) in [6, 6.07) is 6.66. The fourth-order valence-electron chi connectivity index (χ4n) is 1.53. The number of halogens is 6. The van der Waals surface area contributed by atoms with E-state index in [1.807, 2.05) is 0 Å². The van der Waals surface area contributed by atoms with Gasteiger partial charge in [0.15, 0.2) is 11.5 Å². The largest absolute Gasteiger partial charge is 0.504 e. The lowest BCUT2D eigenvalue weighted by Gasteiger charge is -2.16. The van der Waals surface area contributed by atoms with Gasteiger partial charge in [0, 0.05) is 8.95 Å². The van der Waals surface area contributed by atoms with Gasteiger partial charge < -0.3 is 14.6 Å². The van der Waals surface area contributed by atoms with Crippen LogP contribution in [-0.4, -0.2) is 9.03 Å². The second-order valence-corrected chi connectivity index (χ2v) is 10.0. The van der Waals surface area contributed by atoms with Crippen molar-refractivity contribution in [2.75, 3.05) is 0 Å². The number of rotatable bonds is 4. The summed E-state index contributed by atoms with van der Waals surface area (Å²) < 4.78 is 14.1. The van der Waals surface area contributed by atoms with E-state index < -0.39 is 3.92 Å². The van der Waals surface area contributed by atoms with Crippen LogP contribution in [-0.2, 0) is 0 Å². The molecule has 2 rings (SSSR count). The Bertz CT molecular complexity index is 705. The van der Waals surface area contributed by atoms with Gasteiger partial charge in [-0.05, 0) is 114 Å². The van der Waals surface area contributed by atoms with Crippen molar-refractivity contribution in [1.29, 1.82) is 0 Å². The lowest BCUT2D eigenvalue weighted by Crippen LogP contribution is -2.00. The van der Waals surface area contributed by atoms with Crippen LogP contribution >= 0.6 is 95.6 Å². The molecule has 0 spiro atoms. The Balaban J connectivity index is 2.48. The molecule has 2 aromatic rings. The summed E-state index contributed by atoms with van der Waals surface area (Å²) in [5.41, 5.74) is 0. The van der Waals surface area contributed by atoms with Gasteiger partial charge >= 0.3 is 0 Å². The van der Waals surface area contributed by atoms with Crippen molar-refractivity contribution in [3.63, 3.8) is 0 Å². The first-order valence-electron chi connectivity index (χ1n) is 5.59. The van der Waals surface area contributed by atoms with Crippen molar-refractivity contribution in [3.8, 4) is 23.0 Å². The van der Waals surface area contributed by atoms with Gasteiger partial charge in [-0.2, -0.15) is 0 Å². The molecule has 0 saturated heterocycles. The Morgan fingerprint density at radius 3 is 2.23 bits per heavy atom.